The van der Waals surface area contributed by atoms with E-state index in [2.05, 4.69) is 17.4 Å². The second-order valence-electron chi connectivity index (χ2n) is 4.75. The predicted molar refractivity (Wildman–Crippen MR) is 90.8 cm³/mol. The van der Waals surface area contributed by atoms with Crippen LogP contribution < -0.4 is 11.1 Å². The standard InChI is InChI=1S/C17H18N2O2S/c18-17(21)14-8-4-5-9-15(14)19-16(20)10-11-22-12-13-6-2-1-3-7-13/h1-9H,10-12H2,(H2,18,21)(H,19,20). The van der Waals surface area contributed by atoms with E-state index in [0.29, 0.717) is 17.7 Å². The summed E-state index contributed by atoms with van der Waals surface area (Å²) in [7, 11) is 0. The first-order chi connectivity index (χ1) is 10.7. The first kappa shape index (κ1) is 16.1. The normalized spacial score (nSPS) is 10.2. The molecule has 5 heteroatoms. The van der Waals surface area contributed by atoms with Crippen LogP contribution in [0.1, 0.15) is 22.3 Å². The van der Waals surface area contributed by atoms with Crippen molar-refractivity contribution in [2.24, 2.45) is 5.73 Å². The Labute approximate surface area is 134 Å². The third-order valence-corrected chi connectivity index (χ3v) is 4.08. The zero-order valence-corrected chi connectivity index (χ0v) is 12.9. The SMILES string of the molecule is NC(=O)c1ccccc1NC(=O)CCSCc1ccccc1. The highest BCUT2D eigenvalue weighted by molar-refractivity contribution is 7.98. The molecule has 0 unspecified atom stereocenters. The van der Waals surface area contributed by atoms with Gasteiger partial charge in [-0.3, -0.25) is 9.59 Å². The van der Waals surface area contributed by atoms with E-state index in [1.165, 1.54) is 5.56 Å². The smallest absolute Gasteiger partial charge is 0.250 e. The van der Waals surface area contributed by atoms with Crippen molar-refractivity contribution >= 4 is 29.3 Å². The van der Waals surface area contributed by atoms with Gasteiger partial charge in [-0.15, -0.1) is 0 Å². The summed E-state index contributed by atoms with van der Waals surface area (Å²) in [5.74, 6) is 0.939. The molecule has 0 bridgehead atoms. The Bertz CT molecular complexity index is 644. The van der Waals surface area contributed by atoms with Crippen LogP contribution >= 0.6 is 11.8 Å². The summed E-state index contributed by atoms with van der Waals surface area (Å²) < 4.78 is 0. The predicted octanol–water partition coefficient (Wildman–Crippen LogP) is 3.05. The Balaban J connectivity index is 1.78. The number of benzene rings is 2. The monoisotopic (exact) mass is 314 g/mol. The average molecular weight is 314 g/mol. The second-order valence-corrected chi connectivity index (χ2v) is 5.85. The molecule has 0 spiro atoms. The van der Waals surface area contributed by atoms with Crippen LogP contribution in [-0.2, 0) is 10.5 Å². The fraction of sp³-hybridized carbons (Fsp3) is 0.176. The molecular weight excluding hydrogens is 296 g/mol. The maximum atomic E-state index is 11.9. The number of carbonyl (C=O) groups is 2. The molecule has 0 saturated heterocycles. The van der Waals surface area contributed by atoms with E-state index >= 15 is 0 Å². The van der Waals surface area contributed by atoms with Gasteiger partial charge in [0.15, 0.2) is 0 Å². The highest BCUT2D eigenvalue weighted by Gasteiger charge is 2.09. The van der Waals surface area contributed by atoms with Gasteiger partial charge in [-0.2, -0.15) is 11.8 Å². The minimum absolute atomic E-state index is 0.116. The summed E-state index contributed by atoms with van der Waals surface area (Å²) in [6.07, 6.45) is 0.393. The van der Waals surface area contributed by atoms with Crippen molar-refractivity contribution in [1.82, 2.24) is 0 Å². The van der Waals surface area contributed by atoms with Crippen molar-refractivity contribution in [1.29, 1.82) is 0 Å². The van der Waals surface area contributed by atoms with Gasteiger partial charge in [0.2, 0.25) is 5.91 Å². The number of nitrogens with one attached hydrogen (secondary N) is 1. The zero-order chi connectivity index (χ0) is 15.8. The van der Waals surface area contributed by atoms with Crippen LogP contribution in [0.2, 0.25) is 0 Å². The van der Waals surface area contributed by atoms with Crippen molar-refractivity contribution in [2.75, 3.05) is 11.1 Å². The number of primary amides is 1. The maximum Gasteiger partial charge on any atom is 0.250 e. The van der Waals surface area contributed by atoms with E-state index < -0.39 is 5.91 Å². The van der Waals surface area contributed by atoms with Crippen LogP contribution in [0.3, 0.4) is 0 Å². The summed E-state index contributed by atoms with van der Waals surface area (Å²) in [4.78, 5) is 23.2. The lowest BCUT2D eigenvalue weighted by Crippen LogP contribution is -2.18. The van der Waals surface area contributed by atoms with Crippen LogP contribution in [0, 0.1) is 0 Å². The van der Waals surface area contributed by atoms with Gasteiger partial charge in [-0.1, -0.05) is 42.5 Å². The van der Waals surface area contributed by atoms with E-state index in [1.807, 2.05) is 18.2 Å². The molecule has 0 aliphatic heterocycles. The van der Waals surface area contributed by atoms with Crippen molar-refractivity contribution in [2.45, 2.75) is 12.2 Å². The molecule has 0 heterocycles. The van der Waals surface area contributed by atoms with Gasteiger partial charge in [-0.05, 0) is 17.7 Å². The summed E-state index contributed by atoms with van der Waals surface area (Å²) in [6.45, 7) is 0. The highest BCUT2D eigenvalue weighted by atomic mass is 32.2. The van der Waals surface area contributed by atoms with Crippen LogP contribution in [0.5, 0.6) is 0 Å². The molecule has 2 aromatic carbocycles. The van der Waals surface area contributed by atoms with Crippen molar-refractivity contribution in [3.05, 3.63) is 65.7 Å². The Morgan fingerprint density at radius 1 is 1.00 bits per heavy atom. The number of hydrogen-bond donors (Lipinski definition) is 2. The van der Waals surface area contributed by atoms with Gasteiger partial charge in [-0.25, -0.2) is 0 Å². The summed E-state index contributed by atoms with van der Waals surface area (Å²) in [5.41, 5.74) is 7.32. The van der Waals surface area contributed by atoms with Gasteiger partial charge in [0, 0.05) is 17.9 Å². The number of amides is 2. The summed E-state index contributed by atoms with van der Waals surface area (Å²) >= 11 is 1.70. The van der Waals surface area contributed by atoms with Crippen molar-refractivity contribution in [3.63, 3.8) is 0 Å². The first-order valence-electron chi connectivity index (χ1n) is 6.97. The molecule has 0 atom stereocenters. The molecule has 2 amide bonds. The zero-order valence-electron chi connectivity index (χ0n) is 12.1. The Hall–Kier alpha value is -2.27. The fourth-order valence-corrected chi connectivity index (χ4v) is 2.85. The molecular formula is C17H18N2O2S. The molecule has 0 radical (unpaired) electrons. The molecule has 3 N–H and O–H groups in total. The van der Waals surface area contributed by atoms with Gasteiger partial charge in [0.25, 0.3) is 5.91 Å². The molecule has 4 nitrogen and oxygen atoms in total. The average Bonchev–Trinajstić information content (AvgIpc) is 2.53. The van der Waals surface area contributed by atoms with Crippen molar-refractivity contribution < 1.29 is 9.59 Å². The third kappa shape index (κ3) is 4.93. The van der Waals surface area contributed by atoms with Gasteiger partial charge in [0.05, 0.1) is 11.3 Å². The van der Waals surface area contributed by atoms with Crippen LogP contribution in [0.25, 0.3) is 0 Å². The van der Waals surface area contributed by atoms with Crippen LogP contribution in [0.4, 0.5) is 5.69 Å². The number of carbonyl (C=O) groups excluding carboxylic acids is 2. The van der Waals surface area contributed by atoms with Gasteiger partial charge in [0.1, 0.15) is 0 Å². The summed E-state index contributed by atoms with van der Waals surface area (Å²) in [6, 6.07) is 16.9. The molecule has 2 aromatic rings. The van der Waals surface area contributed by atoms with E-state index in [9.17, 15) is 9.59 Å². The maximum absolute atomic E-state index is 11.9. The molecule has 0 aromatic heterocycles. The Morgan fingerprint density at radius 3 is 2.41 bits per heavy atom. The second kappa shape index (κ2) is 8.24. The van der Waals surface area contributed by atoms with Gasteiger partial charge < -0.3 is 11.1 Å². The van der Waals surface area contributed by atoms with E-state index in [0.717, 1.165) is 11.5 Å². The van der Waals surface area contributed by atoms with E-state index in [-0.39, 0.29) is 5.91 Å². The highest BCUT2D eigenvalue weighted by Crippen LogP contribution is 2.16. The fourth-order valence-electron chi connectivity index (χ4n) is 1.95. The minimum atomic E-state index is -0.547. The minimum Gasteiger partial charge on any atom is -0.366 e. The molecule has 114 valence electrons. The number of anilines is 1. The number of thioether (sulfide) groups is 1. The lowest BCUT2D eigenvalue weighted by Gasteiger charge is -2.08. The molecule has 0 aliphatic carbocycles. The third-order valence-electron chi connectivity index (χ3n) is 3.05. The quantitative estimate of drug-likeness (QED) is 0.772. The van der Waals surface area contributed by atoms with Crippen molar-refractivity contribution in [3.8, 4) is 0 Å². The number of para-hydroxylation sites is 1. The molecule has 2 rings (SSSR count). The topological polar surface area (TPSA) is 72.2 Å². The largest absolute Gasteiger partial charge is 0.366 e. The number of rotatable bonds is 7. The van der Waals surface area contributed by atoms with Gasteiger partial charge >= 0.3 is 0 Å². The molecule has 22 heavy (non-hydrogen) atoms. The number of hydrogen-bond acceptors (Lipinski definition) is 3. The lowest BCUT2D eigenvalue weighted by atomic mass is 10.1. The van der Waals surface area contributed by atoms with E-state index in [1.54, 1.807) is 36.0 Å². The van der Waals surface area contributed by atoms with E-state index in [4.69, 9.17) is 5.73 Å². The molecule has 0 fully saturated rings. The van der Waals surface area contributed by atoms with Crippen LogP contribution in [0.15, 0.2) is 54.6 Å². The Kier molecular flexibility index (Phi) is 6.03. The summed E-state index contributed by atoms with van der Waals surface area (Å²) in [5, 5.41) is 2.74. The van der Waals surface area contributed by atoms with Crippen LogP contribution in [-0.4, -0.2) is 17.6 Å². The molecule has 0 saturated carbocycles. The Morgan fingerprint density at radius 2 is 1.68 bits per heavy atom. The molecule has 0 aliphatic rings. The lowest BCUT2D eigenvalue weighted by molar-refractivity contribution is -0.115. The number of nitrogens with two attached hydrogens (primary N) is 1. The first-order valence-corrected chi connectivity index (χ1v) is 8.12.